The predicted octanol–water partition coefficient (Wildman–Crippen LogP) is 2.41. The summed E-state index contributed by atoms with van der Waals surface area (Å²) in [7, 11) is -0.0177. The van der Waals surface area contributed by atoms with E-state index in [-0.39, 0.29) is 35.1 Å². The van der Waals surface area contributed by atoms with E-state index in [2.05, 4.69) is 29.4 Å². The lowest BCUT2D eigenvalue weighted by Crippen LogP contribution is -2.18. The molecule has 0 bridgehead atoms. The number of nitrogens with one attached hydrogen (secondary N) is 1. The molecule has 0 unspecified atom stereocenters. The lowest BCUT2D eigenvalue weighted by molar-refractivity contribution is -0.276. The second-order valence-electron chi connectivity index (χ2n) is 6.79. The molecule has 15 heteroatoms. The van der Waals surface area contributed by atoms with Crippen LogP contribution >= 0.6 is 0 Å². The van der Waals surface area contributed by atoms with Crippen LogP contribution in [0.25, 0.3) is 28.5 Å². The molecular formula is C20H17F3N6O5S. The number of benzene rings is 1. The number of pyridine rings is 1. The Balaban J connectivity index is 2.00. The molecule has 4 aromatic rings. The van der Waals surface area contributed by atoms with Crippen molar-refractivity contribution < 1.29 is 35.8 Å². The smallest absolute Gasteiger partial charge is 0.494 e. The van der Waals surface area contributed by atoms with E-state index in [0.717, 1.165) is 6.07 Å². The highest BCUT2D eigenvalue weighted by Gasteiger charge is 2.32. The fraction of sp³-hybridized carbons (Fsp3) is 0.200. The molecule has 3 heterocycles. The molecule has 0 amide bonds. The van der Waals surface area contributed by atoms with Crippen LogP contribution in [0.15, 0.2) is 42.6 Å². The predicted molar refractivity (Wildman–Crippen MR) is 117 cm³/mol. The molecule has 4 rings (SSSR count). The molecule has 0 saturated carbocycles. The third-order valence-electron chi connectivity index (χ3n) is 4.61. The number of nitrogens with zero attached hydrogens (tertiary/aromatic N) is 5. The molecule has 1 aromatic carbocycles. The second kappa shape index (κ2) is 9.71. The van der Waals surface area contributed by atoms with Crippen LogP contribution in [0.5, 0.6) is 17.4 Å². The van der Waals surface area contributed by atoms with Gasteiger partial charge < -0.3 is 14.2 Å². The summed E-state index contributed by atoms with van der Waals surface area (Å²) < 4.78 is 78.8. The van der Waals surface area contributed by atoms with Crippen molar-refractivity contribution in [2.24, 2.45) is 0 Å². The van der Waals surface area contributed by atoms with Crippen LogP contribution in [0.2, 0.25) is 0 Å². The van der Waals surface area contributed by atoms with Gasteiger partial charge >= 0.3 is 6.36 Å². The molecule has 11 nitrogen and oxygen atoms in total. The van der Waals surface area contributed by atoms with Crippen molar-refractivity contribution in [1.29, 1.82) is 0 Å². The summed E-state index contributed by atoms with van der Waals surface area (Å²) in [5, 5.41) is 0. The van der Waals surface area contributed by atoms with Crippen molar-refractivity contribution in [3.8, 4) is 34.6 Å². The molecule has 3 aromatic heterocycles. The molecule has 0 aliphatic heterocycles. The van der Waals surface area contributed by atoms with Crippen LogP contribution in [0.4, 0.5) is 13.2 Å². The van der Waals surface area contributed by atoms with E-state index >= 15 is 0 Å². The van der Waals surface area contributed by atoms with Crippen LogP contribution in [0.3, 0.4) is 0 Å². The summed E-state index contributed by atoms with van der Waals surface area (Å²) in [6, 6.07) is 8.79. The Kier molecular flexibility index (Phi) is 6.70. The molecule has 0 atom stereocenters. The monoisotopic (exact) mass is 510 g/mol. The first kappa shape index (κ1) is 24.2. The van der Waals surface area contributed by atoms with Gasteiger partial charge in [-0.15, -0.1) is 13.2 Å². The first-order valence-electron chi connectivity index (χ1n) is 9.77. The van der Waals surface area contributed by atoms with E-state index in [1.165, 1.54) is 37.1 Å². The maximum atomic E-state index is 12.8. The van der Waals surface area contributed by atoms with Gasteiger partial charge in [0.25, 0.3) is 0 Å². The van der Waals surface area contributed by atoms with Crippen LogP contribution in [-0.4, -0.2) is 53.5 Å². The average Bonchev–Trinajstić information content (AvgIpc) is 3.19. The number of aromatic nitrogens is 5. The van der Waals surface area contributed by atoms with Crippen molar-refractivity contribution in [3.05, 3.63) is 48.3 Å². The first-order valence-corrected chi connectivity index (χ1v) is 10.9. The van der Waals surface area contributed by atoms with Crippen LogP contribution in [-0.2, 0) is 17.4 Å². The molecule has 0 radical (unpaired) electrons. The number of hydrogen-bond acceptors (Lipinski definition) is 9. The topological polar surface area (TPSA) is 130 Å². The van der Waals surface area contributed by atoms with Crippen LogP contribution < -0.4 is 18.9 Å². The molecule has 0 saturated heterocycles. The number of hydrogen-bond donors (Lipinski definition) is 2. The Hall–Kier alpha value is -3.98. The molecule has 0 aliphatic carbocycles. The molecule has 35 heavy (non-hydrogen) atoms. The third kappa shape index (κ3) is 5.25. The van der Waals surface area contributed by atoms with Gasteiger partial charge in [0, 0.05) is 6.07 Å². The standard InChI is InChI=1S/C20H17F3N6O5S/c1-32-13-6-4-7-14(33-2)16(13)29-18(12-5-3-8-15(27-12)34-20(21,22)23)28-17-19(29)26-11(9-24-17)10-25-35(30)31/h3-9,35H,10H2,1-2H3,(H,25,30,31). The minimum atomic E-state index is -4.94. The van der Waals surface area contributed by atoms with Crippen molar-refractivity contribution in [1.82, 2.24) is 29.2 Å². The zero-order valence-corrected chi connectivity index (χ0v) is 19.0. The normalized spacial score (nSPS) is 11.7. The molecule has 184 valence electrons. The highest BCUT2D eigenvalue weighted by molar-refractivity contribution is 7.70. The maximum absolute atomic E-state index is 12.8. The van der Waals surface area contributed by atoms with Crippen LogP contribution in [0, 0.1) is 0 Å². The van der Waals surface area contributed by atoms with Gasteiger partial charge in [-0.3, -0.25) is 4.57 Å². The van der Waals surface area contributed by atoms with Gasteiger partial charge in [0.1, 0.15) is 22.9 Å². The van der Waals surface area contributed by atoms with E-state index in [9.17, 15) is 21.6 Å². The van der Waals surface area contributed by atoms with Gasteiger partial charge in [0.05, 0.1) is 32.7 Å². The Morgan fingerprint density at radius 3 is 2.31 bits per heavy atom. The number of halogens is 3. The Morgan fingerprint density at radius 1 is 1.00 bits per heavy atom. The molecular weight excluding hydrogens is 493 g/mol. The van der Waals surface area contributed by atoms with Gasteiger partial charge in [-0.1, -0.05) is 12.1 Å². The largest absolute Gasteiger partial charge is 0.574 e. The number of alkyl halides is 3. The number of methoxy groups -OCH3 is 2. The number of rotatable bonds is 8. The van der Waals surface area contributed by atoms with Crippen molar-refractivity contribution in [3.63, 3.8) is 0 Å². The van der Waals surface area contributed by atoms with Crippen molar-refractivity contribution in [2.75, 3.05) is 14.2 Å². The summed E-state index contributed by atoms with van der Waals surface area (Å²) >= 11 is 0. The Morgan fingerprint density at radius 2 is 1.69 bits per heavy atom. The quantitative estimate of drug-likeness (QED) is 0.343. The number of ether oxygens (including phenoxy) is 3. The Labute approximate surface area is 197 Å². The maximum Gasteiger partial charge on any atom is 0.574 e. The third-order valence-corrected chi connectivity index (χ3v) is 5.02. The molecule has 0 aliphatic rings. The highest BCUT2D eigenvalue weighted by atomic mass is 32.2. The molecule has 0 spiro atoms. The fourth-order valence-electron chi connectivity index (χ4n) is 3.27. The second-order valence-corrected chi connectivity index (χ2v) is 7.62. The lowest BCUT2D eigenvalue weighted by atomic mass is 10.2. The summed E-state index contributed by atoms with van der Waals surface area (Å²) in [5.74, 6) is 0.0437. The lowest BCUT2D eigenvalue weighted by Gasteiger charge is -2.16. The first-order chi connectivity index (χ1) is 16.7. The number of para-hydroxylation sites is 1. The van der Waals surface area contributed by atoms with Crippen molar-refractivity contribution in [2.45, 2.75) is 12.9 Å². The fourth-order valence-corrected chi connectivity index (χ4v) is 3.56. The van der Waals surface area contributed by atoms with Gasteiger partial charge in [-0.2, -0.15) is 0 Å². The van der Waals surface area contributed by atoms with E-state index in [4.69, 9.17) is 9.47 Å². The molecule has 0 fully saturated rings. The number of thiol groups is 1. The number of imidazole rings is 1. The van der Waals surface area contributed by atoms with E-state index < -0.39 is 23.1 Å². The summed E-state index contributed by atoms with van der Waals surface area (Å²) in [5.41, 5.74) is 0.884. The van der Waals surface area contributed by atoms with Gasteiger partial charge in [0.15, 0.2) is 17.1 Å². The SMILES string of the molecule is COc1cccc(OC)c1-n1c(-c2cccc(OC(F)(F)F)n2)nc2ncc(CN[SH](=O)=O)nc21. The number of fused-ring (bicyclic) bond motifs is 1. The van der Waals surface area contributed by atoms with E-state index in [0.29, 0.717) is 17.2 Å². The zero-order chi connectivity index (χ0) is 25.2. The van der Waals surface area contributed by atoms with Gasteiger partial charge in [-0.25, -0.2) is 33.1 Å². The van der Waals surface area contributed by atoms with E-state index in [1.807, 2.05) is 0 Å². The Bertz CT molecular complexity index is 1430. The molecule has 1 N–H and O–H groups in total. The van der Waals surface area contributed by atoms with E-state index in [1.54, 1.807) is 18.2 Å². The van der Waals surface area contributed by atoms with Crippen molar-refractivity contribution >= 4 is 22.2 Å². The minimum Gasteiger partial charge on any atom is -0.494 e. The average molecular weight is 510 g/mol. The summed E-state index contributed by atoms with van der Waals surface area (Å²) in [6.07, 6.45) is -3.61. The zero-order valence-electron chi connectivity index (χ0n) is 18.1. The minimum absolute atomic E-state index is 0.0156. The summed E-state index contributed by atoms with van der Waals surface area (Å²) in [6.45, 7) is -0.141. The van der Waals surface area contributed by atoms with Crippen LogP contribution in [0.1, 0.15) is 5.69 Å². The van der Waals surface area contributed by atoms with Gasteiger partial charge in [-0.05, 0) is 18.2 Å². The summed E-state index contributed by atoms with van der Waals surface area (Å²) in [4.78, 5) is 17.1. The highest BCUT2D eigenvalue weighted by Crippen LogP contribution is 2.38. The van der Waals surface area contributed by atoms with Gasteiger partial charge in [0.2, 0.25) is 16.8 Å².